The zero-order valence-electron chi connectivity index (χ0n) is 12.5. The van der Waals surface area contributed by atoms with Crippen LogP contribution >= 0.6 is 23.2 Å². The first-order valence-electron chi connectivity index (χ1n) is 6.77. The van der Waals surface area contributed by atoms with E-state index in [-0.39, 0.29) is 18.0 Å². The number of carbonyl (C=O) groups is 2. The van der Waals surface area contributed by atoms with Crippen LogP contribution in [0.2, 0.25) is 10.0 Å². The number of hydrogen-bond donors (Lipinski definition) is 2. The number of hydrogen-bond acceptors (Lipinski definition) is 2. The molecular weight excluding hydrogens is 325 g/mol. The van der Waals surface area contributed by atoms with Gasteiger partial charge in [0.15, 0.2) is 0 Å². The van der Waals surface area contributed by atoms with Gasteiger partial charge in [0.25, 0.3) is 5.91 Å². The number of urea groups is 1. The molecule has 0 aromatic heterocycles. The zero-order chi connectivity index (χ0) is 16.4. The first-order chi connectivity index (χ1) is 10.3. The number of rotatable bonds is 3. The molecule has 2 rings (SSSR count). The molecule has 1 aliphatic heterocycles. The number of nitrogens with zero attached hydrogens (tertiary/aromatic N) is 1. The third kappa shape index (κ3) is 3.54. The van der Waals surface area contributed by atoms with Crippen LogP contribution in [-0.4, -0.2) is 29.9 Å². The van der Waals surface area contributed by atoms with Crippen molar-refractivity contribution in [1.29, 1.82) is 0 Å². The smallest absolute Gasteiger partial charge is 0.319 e. The van der Waals surface area contributed by atoms with Crippen molar-refractivity contribution >= 4 is 35.1 Å². The average Bonchev–Trinajstić information content (AvgIpc) is 2.40. The molecule has 0 spiro atoms. The third-order valence-electron chi connectivity index (χ3n) is 3.49. The Morgan fingerprint density at radius 1 is 1.36 bits per heavy atom. The lowest BCUT2D eigenvalue weighted by atomic mass is 10.0. The summed E-state index contributed by atoms with van der Waals surface area (Å²) in [6.07, 6.45) is 0. The van der Waals surface area contributed by atoms with Crippen molar-refractivity contribution in [1.82, 2.24) is 15.5 Å². The maximum atomic E-state index is 12.6. The summed E-state index contributed by atoms with van der Waals surface area (Å²) in [5.74, 6) is -0.163. The van der Waals surface area contributed by atoms with Crippen LogP contribution in [0.3, 0.4) is 0 Å². The van der Waals surface area contributed by atoms with Gasteiger partial charge in [0, 0.05) is 29.3 Å². The van der Waals surface area contributed by atoms with Crippen LogP contribution in [0.1, 0.15) is 19.4 Å². The van der Waals surface area contributed by atoms with E-state index < -0.39 is 0 Å². The fourth-order valence-corrected chi connectivity index (χ4v) is 2.86. The molecule has 0 saturated carbocycles. The van der Waals surface area contributed by atoms with Gasteiger partial charge in [-0.2, -0.15) is 0 Å². The molecule has 1 aliphatic rings. The number of halogens is 2. The SMILES string of the molecule is CC1=C(C(=O)N(C)Cc2ccc(Cl)cc2Cl)[C@@H](C)NC(=O)N1. The Hall–Kier alpha value is -1.72. The minimum absolute atomic E-state index is 0.163. The van der Waals surface area contributed by atoms with Crippen molar-refractivity contribution in [3.63, 3.8) is 0 Å². The molecule has 0 saturated heterocycles. The van der Waals surface area contributed by atoms with Crippen LogP contribution in [0.15, 0.2) is 29.5 Å². The minimum Gasteiger partial charge on any atom is -0.337 e. The fourth-order valence-electron chi connectivity index (χ4n) is 2.40. The highest BCUT2D eigenvalue weighted by Crippen LogP contribution is 2.23. The lowest BCUT2D eigenvalue weighted by Crippen LogP contribution is -2.50. The summed E-state index contributed by atoms with van der Waals surface area (Å²) >= 11 is 12.0. The van der Waals surface area contributed by atoms with E-state index in [9.17, 15) is 9.59 Å². The largest absolute Gasteiger partial charge is 0.337 e. The molecule has 1 atom stereocenters. The van der Waals surface area contributed by atoms with Crippen molar-refractivity contribution in [2.75, 3.05) is 7.05 Å². The topological polar surface area (TPSA) is 61.4 Å². The summed E-state index contributed by atoms with van der Waals surface area (Å²) in [5.41, 5.74) is 1.91. The van der Waals surface area contributed by atoms with Crippen LogP contribution in [0.25, 0.3) is 0 Å². The number of nitrogens with one attached hydrogen (secondary N) is 2. The van der Waals surface area contributed by atoms with Gasteiger partial charge in [0.2, 0.25) is 0 Å². The van der Waals surface area contributed by atoms with E-state index in [0.29, 0.717) is 27.9 Å². The van der Waals surface area contributed by atoms with E-state index in [0.717, 1.165) is 5.56 Å². The number of likely N-dealkylation sites (N-methyl/N-ethyl adjacent to an activating group) is 1. The predicted molar refractivity (Wildman–Crippen MR) is 86.8 cm³/mol. The zero-order valence-corrected chi connectivity index (χ0v) is 14.0. The molecule has 7 heteroatoms. The monoisotopic (exact) mass is 341 g/mol. The van der Waals surface area contributed by atoms with Crippen LogP contribution in [-0.2, 0) is 11.3 Å². The molecule has 1 aromatic rings. The van der Waals surface area contributed by atoms with Gasteiger partial charge in [0.05, 0.1) is 11.6 Å². The van der Waals surface area contributed by atoms with E-state index in [4.69, 9.17) is 23.2 Å². The molecule has 0 radical (unpaired) electrons. The molecule has 1 aromatic carbocycles. The van der Waals surface area contributed by atoms with Gasteiger partial charge in [-0.15, -0.1) is 0 Å². The van der Waals surface area contributed by atoms with Gasteiger partial charge in [-0.3, -0.25) is 4.79 Å². The molecule has 22 heavy (non-hydrogen) atoms. The van der Waals surface area contributed by atoms with Gasteiger partial charge in [-0.1, -0.05) is 29.3 Å². The van der Waals surface area contributed by atoms with Gasteiger partial charge in [-0.05, 0) is 31.5 Å². The second-order valence-electron chi connectivity index (χ2n) is 5.26. The second kappa shape index (κ2) is 6.58. The van der Waals surface area contributed by atoms with Crippen molar-refractivity contribution < 1.29 is 9.59 Å². The van der Waals surface area contributed by atoms with Crippen molar-refractivity contribution in [2.24, 2.45) is 0 Å². The Balaban J connectivity index is 2.18. The lowest BCUT2D eigenvalue weighted by Gasteiger charge is -2.28. The van der Waals surface area contributed by atoms with Crippen LogP contribution in [0.4, 0.5) is 4.79 Å². The second-order valence-corrected chi connectivity index (χ2v) is 6.10. The Kier molecular flexibility index (Phi) is 4.98. The molecule has 5 nitrogen and oxygen atoms in total. The Bertz CT molecular complexity index is 658. The summed E-state index contributed by atoms with van der Waals surface area (Å²) in [4.78, 5) is 25.6. The van der Waals surface area contributed by atoms with Crippen molar-refractivity contribution in [3.05, 3.63) is 45.1 Å². The van der Waals surface area contributed by atoms with E-state index in [2.05, 4.69) is 10.6 Å². The maximum Gasteiger partial charge on any atom is 0.319 e. The first kappa shape index (κ1) is 16.6. The van der Waals surface area contributed by atoms with E-state index in [1.807, 2.05) is 0 Å². The lowest BCUT2D eigenvalue weighted by molar-refractivity contribution is -0.126. The third-order valence-corrected chi connectivity index (χ3v) is 4.07. The number of benzene rings is 1. The molecule has 118 valence electrons. The number of allylic oxidation sites excluding steroid dienone is 1. The standard InChI is InChI=1S/C15H17Cl2N3O2/c1-8-13(9(2)19-15(22)18-8)14(21)20(3)7-10-4-5-11(16)6-12(10)17/h4-6,8H,7H2,1-3H3,(H2,18,19,22)/t8-/m1/s1. The Morgan fingerprint density at radius 2 is 2.05 bits per heavy atom. The van der Waals surface area contributed by atoms with Gasteiger partial charge in [-0.25, -0.2) is 4.79 Å². The molecule has 2 N–H and O–H groups in total. The highest BCUT2D eigenvalue weighted by atomic mass is 35.5. The van der Waals surface area contributed by atoms with Crippen LogP contribution in [0, 0.1) is 0 Å². The summed E-state index contributed by atoms with van der Waals surface area (Å²) in [5, 5.41) is 6.36. The molecular formula is C15H17Cl2N3O2. The quantitative estimate of drug-likeness (QED) is 0.887. The van der Waals surface area contributed by atoms with Gasteiger partial charge < -0.3 is 15.5 Å². The molecule has 3 amide bonds. The van der Waals surface area contributed by atoms with Crippen molar-refractivity contribution in [2.45, 2.75) is 26.4 Å². The van der Waals surface area contributed by atoms with Crippen LogP contribution < -0.4 is 10.6 Å². The van der Waals surface area contributed by atoms with Crippen molar-refractivity contribution in [3.8, 4) is 0 Å². The molecule has 0 aliphatic carbocycles. The Morgan fingerprint density at radius 3 is 2.64 bits per heavy atom. The molecule has 1 heterocycles. The summed E-state index contributed by atoms with van der Waals surface area (Å²) in [7, 11) is 1.69. The summed E-state index contributed by atoms with van der Waals surface area (Å²) < 4.78 is 0. The fraction of sp³-hybridized carbons (Fsp3) is 0.333. The average molecular weight is 342 g/mol. The van der Waals surface area contributed by atoms with Gasteiger partial charge >= 0.3 is 6.03 Å². The van der Waals surface area contributed by atoms with Gasteiger partial charge in [0.1, 0.15) is 0 Å². The Labute approximate surface area is 139 Å². The number of carbonyl (C=O) groups excluding carboxylic acids is 2. The highest BCUT2D eigenvalue weighted by molar-refractivity contribution is 6.35. The predicted octanol–water partition coefficient (Wildman–Crippen LogP) is 2.93. The maximum absolute atomic E-state index is 12.6. The van der Waals surface area contributed by atoms with E-state index in [1.165, 1.54) is 0 Å². The highest BCUT2D eigenvalue weighted by Gasteiger charge is 2.28. The number of amides is 3. The van der Waals surface area contributed by atoms with Crippen LogP contribution in [0.5, 0.6) is 0 Å². The molecule has 0 bridgehead atoms. The molecule has 0 fully saturated rings. The summed E-state index contributed by atoms with van der Waals surface area (Å²) in [6.45, 7) is 3.84. The van der Waals surface area contributed by atoms with E-state index in [1.54, 1.807) is 44.0 Å². The molecule has 0 unspecified atom stereocenters. The normalized spacial score (nSPS) is 17.9. The first-order valence-corrected chi connectivity index (χ1v) is 7.53. The van der Waals surface area contributed by atoms with E-state index >= 15 is 0 Å². The minimum atomic E-state index is -0.343. The summed E-state index contributed by atoms with van der Waals surface area (Å²) in [6, 6.07) is 4.53.